The average molecular weight is 197 g/mol. The number of aromatic nitrogens is 2. The van der Waals surface area contributed by atoms with Gasteiger partial charge in [-0.05, 0) is 6.92 Å². The first-order chi connectivity index (χ1) is 6.70. The first-order valence-corrected chi connectivity index (χ1v) is 4.31. The van der Waals surface area contributed by atoms with Crippen LogP contribution in [0.25, 0.3) is 0 Å². The Labute approximate surface area is 82.7 Å². The number of aliphatic hydroxyl groups is 1. The molecule has 4 N–H and O–H groups in total. The SMILES string of the molecule is Cc1c(NN)ncnc1N(C)CCO. The van der Waals surface area contributed by atoms with Gasteiger partial charge in [-0.3, -0.25) is 0 Å². The molecule has 1 heterocycles. The fraction of sp³-hybridized carbons (Fsp3) is 0.500. The van der Waals surface area contributed by atoms with Crippen LogP contribution in [0.15, 0.2) is 6.33 Å². The highest BCUT2D eigenvalue weighted by atomic mass is 16.3. The summed E-state index contributed by atoms with van der Waals surface area (Å²) < 4.78 is 0. The molecule has 0 aliphatic rings. The van der Waals surface area contributed by atoms with E-state index in [0.29, 0.717) is 12.4 Å². The van der Waals surface area contributed by atoms with E-state index in [1.165, 1.54) is 6.33 Å². The van der Waals surface area contributed by atoms with Crippen LogP contribution in [-0.4, -0.2) is 35.3 Å². The summed E-state index contributed by atoms with van der Waals surface area (Å²) in [5.41, 5.74) is 3.36. The number of nitrogens with two attached hydrogens (primary N) is 1. The molecule has 0 aliphatic heterocycles. The Morgan fingerprint density at radius 2 is 2.29 bits per heavy atom. The highest BCUT2D eigenvalue weighted by Gasteiger charge is 2.09. The van der Waals surface area contributed by atoms with Crippen molar-refractivity contribution in [2.75, 3.05) is 30.5 Å². The van der Waals surface area contributed by atoms with E-state index in [9.17, 15) is 0 Å². The maximum absolute atomic E-state index is 8.79. The Morgan fingerprint density at radius 3 is 2.86 bits per heavy atom. The van der Waals surface area contributed by atoms with E-state index >= 15 is 0 Å². The molecule has 0 spiro atoms. The van der Waals surface area contributed by atoms with Crippen molar-refractivity contribution < 1.29 is 5.11 Å². The molecular weight excluding hydrogens is 182 g/mol. The van der Waals surface area contributed by atoms with Crippen LogP contribution >= 0.6 is 0 Å². The number of hydrogen-bond acceptors (Lipinski definition) is 6. The van der Waals surface area contributed by atoms with Gasteiger partial charge in [-0.1, -0.05) is 0 Å². The van der Waals surface area contributed by atoms with Crippen molar-refractivity contribution >= 4 is 11.6 Å². The van der Waals surface area contributed by atoms with Crippen LogP contribution in [0.3, 0.4) is 0 Å². The summed E-state index contributed by atoms with van der Waals surface area (Å²) in [7, 11) is 1.85. The minimum atomic E-state index is 0.0886. The highest BCUT2D eigenvalue weighted by molar-refractivity contribution is 5.56. The second-order valence-corrected chi connectivity index (χ2v) is 2.96. The van der Waals surface area contributed by atoms with Crippen LogP contribution in [-0.2, 0) is 0 Å². The molecule has 0 radical (unpaired) electrons. The molecule has 1 aromatic heterocycles. The van der Waals surface area contributed by atoms with Crippen molar-refractivity contribution in [1.29, 1.82) is 0 Å². The van der Waals surface area contributed by atoms with Gasteiger partial charge in [0.05, 0.1) is 6.61 Å². The molecule has 0 unspecified atom stereocenters. The van der Waals surface area contributed by atoms with Gasteiger partial charge in [0.25, 0.3) is 0 Å². The van der Waals surface area contributed by atoms with E-state index in [-0.39, 0.29) is 6.61 Å². The molecule has 0 saturated carbocycles. The fourth-order valence-corrected chi connectivity index (χ4v) is 1.23. The first kappa shape index (κ1) is 10.7. The number of anilines is 2. The molecule has 78 valence electrons. The maximum atomic E-state index is 8.79. The molecule has 1 aromatic rings. The van der Waals surface area contributed by atoms with Gasteiger partial charge in [-0.25, -0.2) is 15.8 Å². The molecular formula is C8H15N5O. The van der Waals surface area contributed by atoms with Crippen LogP contribution in [0.5, 0.6) is 0 Å². The zero-order valence-electron chi connectivity index (χ0n) is 8.36. The zero-order valence-corrected chi connectivity index (χ0v) is 8.36. The van der Waals surface area contributed by atoms with Gasteiger partial charge in [-0.2, -0.15) is 0 Å². The summed E-state index contributed by atoms with van der Waals surface area (Å²) in [5, 5.41) is 8.79. The number of hydrazine groups is 1. The Morgan fingerprint density at radius 1 is 1.57 bits per heavy atom. The number of rotatable bonds is 4. The maximum Gasteiger partial charge on any atom is 0.148 e. The molecule has 0 fully saturated rings. The van der Waals surface area contributed by atoms with Gasteiger partial charge < -0.3 is 15.4 Å². The average Bonchev–Trinajstić information content (AvgIpc) is 2.18. The standard InChI is InChI=1S/C8H15N5O/c1-6-7(12-9)10-5-11-8(6)13(2)3-4-14/h5,14H,3-4,9H2,1-2H3,(H,10,11,12). The lowest BCUT2D eigenvalue weighted by molar-refractivity contribution is 0.304. The molecule has 0 amide bonds. The van der Waals surface area contributed by atoms with Gasteiger partial charge >= 0.3 is 0 Å². The van der Waals surface area contributed by atoms with Crippen molar-refractivity contribution in [3.05, 3.63) is 11.9 Å². The number of aliphatic hydroxyl groups excluding tert-OH is 1. The van der Waals surface area contributed by atoms with E-state index in [1.54, 1.807) is 0 Å². The Hall–Kier alpha value is -1.40. The van der Waals surface area contributed by atoms with E-state index in [1.807, 2.05) is 18.9 Å². The van der Waals surface area contributed by atoms with Gasteiger partial charge in [0, 0.05) is 19.2 Å². The molecule has 6 nitrogen and oxygen atoms in total. The van der Waals surface area contributed by atoms with Crippen molar-refractivity contribution in [3.63, 3.8) is 0 Å². The molecule has 0 saturated heterocycles. The van der Waals surface area contributed by atoms with E-state index in [4.69, 9.17) is 10.9 Å². The van der Waals surface area contributed by atoms with Gasteiger partial charge in [0.2, 0.25) is 0 Å². The smallest absolute Gasteiger partial charge is 0.148 e. The zero-order chi connectivity index (χ0) is 10.6. The lowest BCUT2D eigenvalue weighted by Crippen LogP contribution is -2.24. The number of nitrogens with one attached hydrogen (secondary N) is 1. The number of hydrogen-bond donors (Lipinski definition) is 3. The van der Waals surface area contributed by atoms with E-state index < -0.39 is 0 Å². The van der Waals surface area contributed by atoms with E-state index in [0.717, 1.165) is 11.4 Å². The predicted octanol–water partition coefficient (Wildman–Crippen LogP) is -0.501. The lowest BCUT2D eigenvalue weighted by atomic mass is 10.3. The fourth-order valence-electron chi connectivity index (χ4n) is 1.23. The summed E-state index contributed by atoms with van der Waals surface area (Å²) in [6.45, 7) is 2.49. The summed E-state index contributed by atoms with van der Waals surface area (Å²) >= 11 is 0. The van der Waals surface area contributed by atoms with Crippen molar-refractivity contribution in [3.8, 4) is 0 Å². The predicted molar refractivity (Wildman–Crippen MR) is 54.9 cm³/mol. The summed E-state index contributed by atoms with van der Waals surface area (Å²) in [6.07, 6.45) is 1.44. The minimum absolute atomic E-state index is 0.0886. The number of nitrogens with zero attached hydrogens (tertiary/aromatic N) is 3. The van der Waals surface area contributed by atoms with Crippen molar-refractivity contribution in [2.45, 2.75) is 6.92 Å². The lowest BCUT2D eigenvalue weighted by Gasteiger charge is -2.19. The second kappa shape index (κ2) is 4.73. The number of likely N-dealkylation sites (N-methyl/N-ethyl adjacent to an activating group) is 1. The summed E-state index contributed by atoms with van der Waals surface area (Å²) in [6, 6.07) is 0. The van der Waals surface area contributed by atoms with Gasteiger partial charge in [0.15, 0.2) is 0 Å². The van der Waals surface area contributed by atoms with Crippen LogP contribution in [0.4, 0.5) is 11.6 Å². The Kier molecular flexibility index (Phi) is 3.61. The van der Waals surface area contributed by atoms with Crippen LogP contribution in [0, 0.1) is 6.92 Å². The minimum Gasteiger partial charge on any atom is -0.395 e. The Bertz CT molecular complexity index is 304. The van der Waals surface area contributed by atoms with Gasteiger partial charge in [-0.15, -0.1) is 0 Å². The largest absolute Gasteiger partial charge is 0.395 e. The molecule has 0 aromatic carbocycles. The molecule has 14 heavy (non-hydrogen) atoms. The number of nitrogen functional groups attached to an aromatic ring is 1. The third-order valence-electron chi connectivity index (χ3n) is 1.99. The normalized spacial score (nSPS) is 10.0. The van der Waals surface area contributed by atoms with Crippen LogP contribution in [0.2, 0.25) is 0 Å². The quantitative estimate of drug-likeness (QED) is 0.445. The molecule has 0 atom stereocenters. The topological polar surface area (TPSA) is 87.3 Å². The molecule has 0 aliphatic carbocycles. The van der Waals surface area contributed by atoms with Crippen LogP contribution < -0.4 is 16.2 Å². The van der Waals surface area contributed by atoms with E-state index in [2.05, 4.69) is 15.4 Å². The second-order valence-electron chi connectivity index (χ2n) is 2.96. The molecule has 1 rings (SSSR count). The molecule has 6 heteroatoms. The van der Waals surface area contributed by atoms with Crippen LogP contribution in [0.1, 0.15) is 5.56 Å². The van der Waals surface area contributed by atoms with Crippen molar-refractivity contribution in [2.24, 2.45) is 5.84 Å². The third kappa shape index (κ3) is 2.09. The monoisotopic (exact) mass is 197 g/mol. The van der Waals surface area contributed by atoms with Crippen molar-refractivity contribution in [1.82, 2.24) is 9.97 Å². The summed E-state index contributed by atoms with van der Waals surface area (Å²) in [5.74, 6) is 6.65. The first-order valence-electron chi connectivity index (χ1n) is 4.31. The molecule has 0 bridgehead atoms. The third-order valence-corrected chi connectivity index (χ3v) is 1.99. The summed E-state index contributed by atoms with van der Waals surface area (Å²) in [4.78, 5) is 9.92. The Balaban J connectivity index is 2.96. The van der Waals surface area contributed by atoms with Gasteiger partial charge in [0.1, 0.15) is 18.0 Å². The highest BCUT2D eigenvalue weighted by Crippen LogP contribution is 2.19.